The number of hydrogen-bond donors (Lipinski definition) is 1. The maximum absolute atomic E-state index is 3.42. The highest BCUT2D eigenvalue weighted by Crippen LogP contribution is 2.20. The molecule has 2 aliphatic heterocycles. The molecule has 3 nitrogen and oxygen atoms in total. The fraction of sp³-hybridized carbons (Fsp3) is 1.00. The summed E-state index contributed by atoms with van der Waals surface area (Å²) in [5, 5.41) is 3.42. The lowest BCUT2D eigenvalue weighted by Crippen LogP contribution is -2.47. The Morgan fingerprint density at radius 1 is 1.00 bits per heavy atom. The predicted molar refractivity (Wildman–Crippen MR) is 73.4 cm³/mol. The van der Waals surface area contributed by atoms with Gasteiger partial charge in [0, 0.05) is 19.1 Å². The third kappa shape index (κ3) is 4.23. The van der Waals surface area contributed by atoms with Crippen LogP contribution >= 0.6 is 0 Å². The number of nitrogens with one attached hydrogen (secondary N) is 1. The second-order valence-electron chi connectivity index (χ2n) is 5.52. The van der Waals surface area contributed by atoms with E-state index in [0.717, 1.165) is 19.1 Å². The average Bonchev–Trinajstić information content (AvgIpc) is 2.41. The molecule has 1 N–H and O–H groups in total. The normalized spacial score (nSPS) is 25.2. The molecular formula is C14H29N3. The van der Waals surface area contributed by atoms with Crippen LogP contribution in [0.1, 0.15) is 39.0 Å². The fourth-order valence-corrected chi connectivity index (χ4v) is 3.21. The van der Waals surface area contributed by atoms with Gasteiger partial charge in [-0.25, -0.2) is 0 Å². The van der Waals surface area contributed by atoms with Gasteiger partial charge in [0.05, 0.1) is 0 Å². The molecule has 0 aliphatic carbocycles. The SMILES string of the molecule is CCNCCN1CCC(N2CCCCC2)CC1. The van der Waals surface area contributed by atoms with Gasteiger partial charge in [0.25, 0.3) is 0 Å². The Hall–Kier alpha value is -0.120. The van der Waals surface area contributed by atoms with Crippen molar-refractivity contribution in [3.8, 4) is 0 Å². The highest BCUT2D eigenvalue weighted by molar-refractivity contribution is 4.81. The minimum absolute atomic E-state index is 0.894. The van der Waals surface area contributed by atoms with Crippen molar-refractivity contribution < 1.29 is 0 Å². The molecule has 2 heterocycles. The molecule has 0 aromatic heterocycles. The van der Waals surface area contributed by atoms with Crippen molar-refractivity contribution in [3.63, 3.8) is 0 Å². The van der Waals surface area contributed by atoms with Crippen LogP contribution in [0.2, 0.25) is 0 Å². The number of nitrogens with zero attached hydrogens (tertiary/aromatic N) is 2. The lowest BCUT2D eigenvalue weighted by Gasteiger charge is -2.40. The van der Waals surface area contributed by atoms with Gasteiger partial charge in [0.15, 0.2) is 0 Å². The van der Waals surface area contributed by atoms with E-state index in [0.29, 0.717) is 0 Å². The molecule has 3 heteroatoms. The molecule has 100 valence electrons. The highest BCUT2D eigenvalue weighted by atomic mass is 15.2. The molecule has 0 aromatic carbocycles. The minimum atomic E-state index is 0.894. The monoisotopic (exact) mass is 239 g/mol. The Kier molecular flexibility index (Phi) is 5.75. The Balaban J connectivity index is 1.63. The topological polar surface area (TPSA) is 18.5 Å². The summed E-state index contributed by atoms with van der Waals surface area (Å²) in [5.41, 5.74) is 0. The van der Waals surface area contributed by atoms with Crippen molar-refractivity contribution >= 4 is 0 Å². The van der Waals surface area contributed by atoms with Gasteiger partial charge in [0.2, 0.25) is 0 Å². The Labute approximate surface area is 107 Å². The zero-order chi connectivity index (χ0) is 11.9. The van der Waals surface area contributed by atoms with Crippen LogP contribution in [0.15, 0.2) is 0 Å². The van der Waals surface area contributed by atoms with Crippen LogP contribution in [-0.4, -0.2) is 61.7 Å². The third-order valence-electron chi connectivity index (χ3n) is 4.32. The summed E-state index contributed by atoms with van der Waals surface area (Å²) in [6.45, 7) is 11.0. The Morgan fingerprint density at radius 3 is 2.35 bits per heavy atom. The molecule has 2 aliphatic rings. The summed E-state index contributed by atoms with van der Waals surface area (Å²) in [6, 6.07) is 0.894. The van der Waals surface area contributed by atoms with E-state index >= 15 is 0 Å². The first-order chi connectivity index (χ1) is 8.40. The van der Waals surface area contributed by atoms with Gasteiger partial charge < -0.3 is 15.1 Å². The van der Waals surface area contributed by atoms with Gasteiger partial charge in [-0.2, -0.15) is 0 Å². The molecule has 2 rings (SSSR count). The number of hydrogen-bond acceptors (Lipinski definition) is 3. The molecule has 0 aromatic rings. The second kappa shape index (κ2) is 7.34. The van der Waals surface area contributed by atoms with Gasteiger partial charge in [0.1, 0.15) is 0 Å². The molecule has 0 spiro atoms. The smallest absolute Gasteiger partial charge is 0.0120 e. The molecule has 17 heavy (non-hydrogen) atoms. The van der Waals surface area contributed by atoms with Crippen LogP contribution in [0.4, 0.5) is 0 Å². The van der Waals surface area contributed by atoms with E-state index < -0.39 is 0 Å². The molecule has 2 fully saturated rings. The summed E-state index contributed by atoms with van der Waals surface area (Å²) in [5.74, 6) is 0. The van der Waals surface area contributed by atoms with Crippen LogP contribution in [0, 0.1) is 0 Å². The quantitative estimate of drug-likeness (QED) is 0.734. The minimum Gasteiger partial charge on any atom is -0.316 e. The third-order valence-corrected chi connectivity index (χ3v) is 4.32. The second-order valence-corrected chi connectivity index (χ2v) is 5.52. The first-order valence-corrected chi connectivity index (χ1v) is 7.57. The average molecular weight is 239 g/mol. The van der Waals surface area contributed by atoms with E-state index in [4.69, 9.17) is 0 Å². The molecule has 0 amide bonds. The van der Waals surface area contributed by atoms with Gasteiger partial charge in [-0.15, -0.1) is 0 Å². The van der Waals surface area contributed by atoms with E-state index in [2.05, 4.69) is 22.0 Å². The summed E-state index contributed by atoms with van der Waals surface area (Å²) in [7, 11) is 0. The van der Waals surface area contributed by atoms with E-state index in [1.807, 2.05) is 0 Å². The maximum atomic E-state index is 3.42. The lowest BCUT2D eigenvalue weighted by atomic mass is 10.00. The van der Waals surface area contributed by atoms with Crippen LogP contribution in [0.5, 0.6) is 0 Å². The van der Waals surface area contributed by atoms with Gasteiger partial charge in [-0.1, -0.05) is 13.3 Å². The van der Waals surface area contributed by atoms with Crippen molar-refractivity contribution in [2.75, 3.05) is 45.8 Å². The Bertz CT molecular complexity index is 194. The van der Waals surface area contributed by atoms with Crippen molar-refractivity contribution in [3.05, 3.63) is 0 Å². The maximum Gasteiger partial charge on any atom is 0.0120 e. The lowest BCUT2D eigenvalue weighted by molar-refractivity contribution is 0.0930. The van der Waals surface area contributed by atoms with Gasteiger partial charge in [-0.3, -0.25) is 0 Å². The number of rotatable bonds is 5. The summed E-state index contributed by atoms with van der Waals surface area (Å²) in [6.07, 6.45) is 7.11. The molecule has 0 atom stereocenters. The number of piperidine rings is 2. The van der Waals surface area contributed by atoms with E-state index in [1.54, 1.807) is 0 Å². The zero-order valence-electron chi connectivity index (χ0n) is 11.5. The molecule has 0 saturated carbocycles. The van der Waals surface area contributed by atoms with Crippen molar-refractivity contribution in [2.24, 2.45) is 0 Å². The molecule has 0 unspecified atom stereocenters. The van der Waals surface area contributed by atoms with Crippen LogP contribution in [-0.2, 0) is 0 Å². The standard InChI is InChI=1S/C14H29N3/c1-2-15-8-13-16-11-6-14(7-12-16)17-9-4-3-5-10-17/h14-15H,2-13H2,1H3. The van der Waals surface area contributed by atoms with Crippen LogP contribution in [0.3, 0.4) is 0 Å². The summed E-state index contributed by atoms with van der Waals surface area (Å²) >= 11 is 0. The zero-order valence-corrected chi connectivity index (χ0v) is 11.5. The van der Waals surface area contributed by atoms with Crippen molar-refractivity contribution in [2.45, 2.75) is 45.1 Å². The van der Waals surface area contributed by atoms with E-state index in [1.165, 1.54) is 64.8 Å². The molecule has 0 radical (unpaired) electrons. The fourth-order valence-electron chi connectivity index (χ4n) is 3.21. The number of likely N-dealkylation sites (N-methyl/N-ethyl adjacent to an activating group) is 1. The van der Waals surface area contributed by atoms with Crippen molar-refractivity contribution in [1.29, 1.82) is 0 Å². The first-order valence-electron chi connectivity index (χ1n) is 7.57. The van der Waals surface area contributed by atoms with E-state index in [-0.39, 0.29) is 0 Å². The molecule has 2 saturated heterocycles. The highest BCUT2D eigenvalue weighted by Gasteiger charge is 2.24. The van der Waals surface area contributed by atoms with Crippen LogP contribution in [0.25, 0.3) is 0 Å². The number of likely N-dealkylation sites (tertiary alicyclic amines) is 2. The first kappa shape index (κ1) is 13.3. The van der Waals surface area contributed by atoms with Gasteiger partial charge >= 0.3 is 0 Å². The summed E-state index contributed by atoms with van der Waals surface area (Å²) in [4.78, 5) is 5.38. The van der Waals surface area contributed by atoms with Crippen molar-refractivity contribution in [1.82, 2.24) is 15.1 Å². The van der Waals surface area contributed by atoms with E-state index in [9.17, 15) is 0 Å². The van der Waals surface area contributed by atoms with Crippen LogP contribution < -0.4 is 5.32 Å². The molecule has 0 bridgehead atoms. The summed E-state index contributed by atoms with van der Waals surface area (Å²) < 4.78 is 0. The predicted octanol–water partition coefficient (Wildman–Crippen LogP) is 1.55. The largest absolute Gasteiger partial charge is 0.316 e. The van der Waals surface area contributed by atoms with Gasteiger partial charge in [-0.05, 0) is 58.4 Å². The Morgan fingerprint density at radius 2 is 1.71 bits per heavy atom. The molecular weight excluding hydrogens is 210 g/mol.